The number of carbonyl (C=O) groups excluding carboxylic acids is 2. The molecule has 2 aliphatic rings. The average molecular weight is 445 g/mol. The molecule has 31 heavy (non-hydrogen) atoms. The summed E-state index contributed by atoms with van der Waals surface area (Å²) in [6, 6.07) is 9.24. The fraction of sp³-hybridized carbons (Fsp3) is 0.391. The van der Waals surface area contributed by atoms with Crippen LogP contribution >= 0.6 is 11.8 Å². The van der Waals surface area contributed by atoms with Crippen LogP contribution in [0.5, 0.6) is 11.5 Å². The third kappa shape index (κ3) is 3.63. The van der Waals surface area contributed by atoms with Crippen LogP contribution in [0.3, 0.4) is 0 Å². The summed E-state index contributed by atoms with van der Waals surface area (Å²) >= 11 is 1.59. The molecule has 2 aromatic carbocycles. The van der Waals surface area contributed by atoms with Gasteiger partial charge in [0.2, 0.25) is 5.91 Å². The van der Waals surface area contributed by atoms with Crippen molar-refractivity contribution in [2.45, 2.75) is 36.4 Å². The van der Waals surface area contributed by atoms with Crippen LogP contribution in [0.25, 0.3) is 0 Å². The van der Waals surface area contributed by atoms with Crippen LogP contribution in [0, 0.1) is 5.82 Å². The molecule has 6 nitrogen and oxygen atoms in total. The number of fused-ring (bicyclic) bond motifs is 3. The molecule has 2 amide bonds. The van der Waals surface area contributed by atoms with E-state index in [1.807, 2.05) is 19.9 Å². The summed E-state index contributed by atoms with van der Waals surface area (Å²) < 4.78 is 23.4. The van der Waals surface area contributed by atoms with Crippen LogP contribution in [0.4, 0.5) is 4.39 Å². The number of thioether (sulfide) groups is 1. The molecule has 2 unspecified atom stereocenters. The van der Waals surface area contributed by atoms with E-state index in [-0.39, 0.29) is 23.0 Å². The maximum absolute atomic E-state index is 13.4. The zero-order valence-electron chi connectivity index (χ0n) is 17.9. The number of amides is 2. The van der Waals surface area contributed by atoms with Gasteiger partial charge in [-0.3, -0.25) is 9.59 Å². The van der Waals surface area contributed by atoms with Gasteiger partial charge in [-0.2, -0.15) is 0 Å². The van der Waals surface area contributed by atoms with Gasteiger partial charge in [-0.15, -0.1) is 11.8 Å². The first-order valence-corrected chi connectivity index (χ1v) is 10.9. The van der Waals surface area contributed by atoms with Crippen molar-refractivity contribution < 1.29 is 23.5 Å². The monoisotopic (exact) mass is 444 g/mol. The SMILES string of the molecule is COc1ccc2c(c1OC)C(=O)N1C2SC(C)(C)C1C(=O)NCCc1ccc(F)cc1. The van der Waals surface area contributed by atoms with Crippen molar-refractivity contribution in [1.29, 1.82) is 0 Å². The first-order chi connectivity index (χ1) is 14.8. The molecule has 2 heterocycles. The predicted molar refractivity (Wildman–Crippen MR) is 117 cm³/mol. The van der Waals surface area contributed by atoms with E-state index < -0.39 is 10.8 Å². The quantitative estimate of drug-likeness (QED) is 0.738. The number of hydrogen-bond acceptors (Lipinski definition) is 5. The van der Waals surface area contributed by atoms with Gasteiger partial charge in [-0.25, -0.2) is 4.39 Å². The Morgan fingerprint density at radius 2 is 1.87 bits per heavy atom. The Bertz CT molecular complexity index is 1020. The van der Waals surface area contributed by atoms with Gasteiger partial charge in [-0.1, -0.05) is 18.2 Å². The molecule has 4 rings (SSSR count). The molecule has 0 aromatic heterocycles. The molecular formula is C23H25FN2O4S. The molecule has 0 aliphatic carbocycles. The molecule has 0 bridgehead atoms. The second kappa shape index (κ2) is 8.07. The van der Waals surface area contributed by atoms with Gasteiger partial charge in [-0.05, 0) is 44.0 Å². The van der Waals surface area contributed by atoms with Crippen molar-refractivity contribution in [3.63, 3.8) is 0 Å². The maximum Gasteiger partial charge on any atom is 0.260 e. The molecule has 1 saturated heterocycles. The van der Waals surface area contributed by atoms with Gasteiger partial charge in [0.25, 0.3) is 5.91 Å². The van der Waals surface area contributed by atoms with E-state index in [4.69, 9.17) is 9.47 Å². The summed E-state index contributed by atoms with van der Waals surface area (Å²) in [5, 5.41) is 2.70. The van der Waals surface area contributed by atoms with Gasteiger partial charge < -0.3 is 19.7 Å². The number of ether oxygens (including phenoxy) is 2. The van der Waals surface area contributed by atoms with Crippen molar-refractivity contribution in [2.24, 2.45) is 0 Å². The van der Waals surface area contributed by atoms with E-state index in [0.29, 0.717) is 30.0 Å². The van der Waals surface area contributed by atoms with Crippen molar-refractivity contribution in [2.75, 3.05) is 20.8 Å². The summed E-state index contributed by atoms with van der Waals surface area (Å²) in [7, 11) is 3.03. The number of hydrogen-bond donors (Lipinski definition) is 1. The molecular weight excluding hydrogens is 419 g/mol. The molecule has 2 aromatic rings. The number of halogens is 1. The molecule has 1 N–H and O–H groups in total. The topological polar surface area (TPSA) is 67.9 Å². The molecule has 164 valence electrons. The van der Waals surface area contributed by atoms with Crippen LogP contribution in [-0.2, 0) is 11.2 Å². The lowest BCUT2D eigenvalue weighted by Gasteiger charge is -2.29. The Kier molecular flexibility index (Phi) is 5.60. The Morgan fingerprint density at radius 3 is 2.52 bits per heavy atom. The van der Waals surface area contributed by atoms with Crippen LogP contribution in [0.15, 0.2) is 36.4 Å². The predicted octanol–water partition coefficient (Wildman–Crippen LogP) is 3.55. The highest BCUT2D eigenvalue weighted by Gasteiger charge is 2.58. The number of rotatable bonds is 6. The summed E-state index contributed by atoms with van der Waals surface area (Å²) in [5.41, 5.74) is 2.22. The lowest BCUT2D eigenvalue weighted by molar-refractivity contribution is -0.126. The van der Waals surface area contributed by atoms with Crippen LogP contribution in [0.1, 0.15) is 40.7 Å². The van der Waals surface area contributed by atoms with Gasteiger partial charge in [0.15, 0.2) is 11.5 Å². The van der Waals surface area contributed by atoms with E-state index in [0.717, 1.165) is 11.1 Å². The summed E-state index contributed by atoms with van der Waals surface area (Å²) in [6.45, 7) is 4.36. The van der Waals surface area contributed by atoms with Gasteiger partial charge in [0.1, 0.15) is 17.2 Å². The van der Waals surface area contributed by atoms with Crippen molar-refractivity contribution in [3.05, 3.63) is 58.9 Å². The lowest BCUT2D eigenvalue weighted by Crippen LogP contribution is -2.52. The Morgan fingerprint density at radius 1 is 1.16 bits per heavy atom. The fourth-order valence-corrected chi connectivity index (χ4v) is 5.91. The highest BCUT2D eigenvalue weighted by atomic mass is 32.2. The van der Waals surface area contributed by atoms with Gasteiger partial charge in [0, 0.05) is 16.9 Å². The Labute approximate surface area is 185 Å². The first-order valence-electron chi connectivity index (χ1n) is 10.1. The standard InChI is InChI=1S/C23H25FN2O4S/c1-23(2)19(20(27)25-12-11-13-5-7-14(24)8-6-13)26-21(28)17-15(22(26)31-23)9-10-16(29-3)18(17)30-4/h5-10,19,22H,11-12H2,1-4H3,(H,25,27). The minimum Gasteiger partial charge on any atom is -0.493 e. The van der Waals surface area contributed by atoms with Crippen molar-refractivity contribution in [3.8, 4) is 11.5 Å². The van der Waals surface area contributed by atoms with Crippen LogP contribution in [0.2, 0.25) is 0 Å². The van der Waals surface area contributed by atoms with Crippen LogP contribution in [-0.4, -0.2) is 48.3 Å². The first kappa shape index (κ1) is 21.5. The third-order valence-electron chi connectivity index (χ3n) is 5.77. The van der Waals surface area contributed by atoms with Crippen LogP contribution < -0.4 is 14.8 Å². The largest absolute Gasteiger partial charge is 0.493 e. The Hall–Kier alpha value is -2.74. The molecule has 8 heteroatoms. The number of nitrogens with one attached hydrogen (secondary N) is 1. The molecule has 0 radical (unpaired) electrons. The third-order valence-corrected chi connectivity index (χ3v) is 7.31. The average Bonchev–Trinajstić information content (AvgIpc) is 3.17. The second-order valence-electron chi connectivity index (χ2n) is 8.12. The fourth-order valence-electron chi connectivity index (χ4n) is 4.33. The van der Waals surface area contributed by atoms with E-state index >= 15 is 0 Å². The van der Waals surface area contributed by atoms with Gasteiger partial charge in [0.05, 0.1) is 19.8 Å². The zero-order valence-corrected chi connectivity index (χ0v) is 18.7. The minimum absolute atomic E-state index is 0.200. The highest BCUT2D eigenvalue weighted by molar-refractivity contribution is 8.01. The number of carbonyl (C=O) groups is 2. The summed E-state index contributed by atoms with van der Waals surface area (Å²) in [6.07, 6.45) is 0.578. The maximum atomic E-state index is 13.4. The molecule has 1 fully saturated rings. The minimum atomic E-state index is -0.633. The van der Waals surface area contributed by atoms with E-state index in [1.165, 1.54) is 26.4 Å². The number of benzene rings is 2. The normalized spacial score (nSPS) is 20.9. The van der Waals surface area contributed by atoms with Gasteiger partial charge >= 0.3 is 0 Å². The van der Waals surface area contributed by atoms with Crippen molar-refractivity contribution >= 4 is 23.6 Å². The highest BCUT2D eigenvalue weighted by Crippen LogP contribution is 2.58. The molecule has 2 aliphatic heterocycles. The second-order valence-corrected chi connectivity index (χ2v) is 9.86. The Balaban J connectivity index is 1.55. The summed E-state index contributed by atoms with van der Waals surface area (Å²) in [4.78, 5) is 28.3. The van der Waals surface area contributed by atoms with E-state index in [2.05, 4.69) is 5.32 Å². The zero-order chi connectivity index (χ0) is 22.3. The number of nitrogens with zero attached hydrogens (tertiary/aromatic N) is 1. The number of methoxy groups -OCH3 is 2. The molecule has 2 atom stereocenters. The molecule has 0 spiro atoms. The smallest absolute Gasteiger partial charge is 0.260 e. The summed E-state index contributed by atoms with van der Waals surface area (Å²) in [5.74, 6) is 0.165. The van der Waals surface area contributed by atoms with E-state index in [1.54, 1.807) is 34.9 Å². The van der Waals surface area contributed by atoms with Crippen molar-refractivity contribution in [1.82, 2.24) is 10.2 Å². The molecule has 0 saturated carbocycles. The van der Waals surface area contributed by atoms with E-state index in [9.17, 15) is 14.0 Å². The lowest BCUT2D eigenvalue weighted by atomic mass is 10.0.